The molecule has 0 spiro atoms. The number of hydrazine groups is 1. The normalized spacial score (nSPS) is 10.2. The van der Waals surface area contributed by atoms with E-state index in [9.17, 15) is 0 Å². The summed E-state index contributed by atoms with van der Waals surface area (Å²) in [5.41, 5.74) is 4.35. The molecule has 0 aliphatic carbocycles. The molecule has 4 nitrogen and oxygen atoms in total. The van der Waals surface area contributed by atoms with E-state index in [0.29, 0.717) is 5.13 Å². The number of benzene rings is 2. The molecule has 20 heavy (non-hydrogen) atoms. The van der Waals surface area contributed by atoms with Crippen LogP contribution >= 0.6 is 11.3 Å². The van der Waals surface area contributed by atoms with E-state index in [0.717, 1.165) is 22.1 Å². The molecule has 0 saturated carbocycles. The molecule has 0 saturated heterocycles. The first-order valence-electron chi connectivity index (χ1n) is 6.12. The molecule has 1 heterocycles. The van der Waals surface area contributed by atoms with E-state index < -0.39 is 0 Å². The zero-order valence-corrected chi connectivity index (χ0v) is 11.4. The van der Waals surface area contributed by atoms with Gasteiger partial charge in [-0.2, -0.15) is 0 Å². The summed E-state index contributed by atoms with van der Waals surface area (Å²) in [6.45, 7) is 0. The molecule has 5 heteroatoms. The standard InChI is InChI=1S/C15H13N3OS/c16-18-15-17-13(11-7-3-1-4-8-11)14(20-15)19-12-9-5-2-6-10-12/h1-10H,16H2,(H,17,18). The summed E-state index contributed by atoms with van der Waals surface area (Å²) >= 11 is 1.38. The van der Waals surface area contributed by atoms with Gasteiger partial charge in [-0.05, 0) is 12.1 Å². The fourth-order valence-corrected chi connectivity index (χ4v) is 2.58. The number of thiazole rings is 1. The summed E-state index contributed by atoms with van der Waals surface area (Å²) in [6.07, 6.45) is 0. The van der Waals surface area contributed by atoms with Crippen LogP contribution in [0.15, 0.2) is 60.7 Å². The Bertz CT molecular complexity index is 683. The Labute approximate surface area is 120 Å². The quantitative estimate of drug-likeness (QED) is 0.563. The number of rotatable bonds is 4. The molecule has 0 aliphatic heterocycles. The number of anilines is 1. The van der Waals surface area contributed by atoms with Crippen LogP contribution in [0.5, 0.6) is 10.8 Å². The summed E-state index contributed by atoms with van der Waals surface area (Å²) in [5, 5.41) is 1.34. The fourth-order valence-electron chi connectivity index (χ4n) is 1.81. The lowest BCUT2D eigenvalue weighted by molar-refractivity contribution is 0.497. The molecule has 3 rings (SSSR count). The average molecular weight is 283 g/mol. The average Bonchev–Trinajstić information content (AvgIpc) is 2.92. The van der Waals surface area contributed by atoms with Crippen molar-refractivity contribution >= 4 is 16.5 Å². The van der Waals surface area contributed by atoms with E-state index in [1.54, 1.807) is 0 Å². The van der Waals surface area contributed by atoms with Crippen molar-refractivity contribution in [3.8, 4) is 22.1 Å². The van der Waals surface area contributed by atoms with Crippen LogP contribution in [-0.4, -0.2) is 4.98 Å². The maximum Gasteiger partial charge on any atom is 0.210 e. The Kier molecular flexibility index (Phi) is 3.62. The van der Waals surface area contributed by atoms with E-state index >= 15 is 0 Å². The lowest BCUT2D eigenvalue weighted by Gasteiger charge is -2.04. The highest BCUT2D eigenvalue weighted by molar-refractivity contribution is 7.17. The maximum absolute atomic E-state index is 5.91. The molecule has 0 amide bonds. The van der Waals surface area contributed by atoms with Crippen LogP contribution in [-0.2, 0) is 0 Å². The Hall–Kier alpha value is -2.37. The van der Waals surface area contributed by atoms with E-state index in [1.165, 1.54) is 11.3 Å². The van der Waals surface area contributed by atoms with Crippen molar-refractivity contribution in [2.24, 2.45) is 5.84 Å². The highest BCUT2D eigenvalue weighted by Crippen LogP contribution is 2.40. The van der Waals surface area contributed by atoms with Crippen molar-refractivity contribution in [2.75, 3.05) is 5.43 Å². The Balaban J connectivity index is 2.00. The monoisotopic (exact) mass is 283 g/mol. The van der Waals surface area contributed by atoms with Crippen LogP contribution in [0, 0.1) is 0 Å². The van der Waals surface area contributed by atoms with Crippen LogP contribution in [0.3, 0.4) is 0 Å². The van der Waals surface area contributed by atoms with Gasteiger partial charge in [0.25, 0.3) is 0 Å². The third kappa shape index (κ3) is 2.64. The highest BCUT2D eigenvalue weighted by Gasteiger charge is 2.14. The largest absolute Gasteiger partial charge is 0.444 e. The van der Waals surface area contributed by atoms with E-state index in [4.69, 9.17) is 10.6 Å². The molecule has 2 aromatic carbocycles. The topological polar surface area (TPSA) is 60.2 Å². The first-order valence-corrected chi connectivity index (χ1v) is 6.94. The van der Waals surface area contributed by atoms with Gasteiger partial charge < -0.3 is 4.74 Å². The predicted octanol–water partition coefficient (Wildman–Crippen LogP) is 3.89. The van der Waals surface area contributed by atoms with Crippen LogP contribution in [0.4, 0.5) is 5.13 Å². The second-order valence-corrected chi connectivity index (χ2v) is 5.04. The third-order valence-electron chi connectivity index (χ3n) is 2.72. The number of nitrogens with two attached hydrogens (primary N) is 1. The van der Waals surface area contributed by atoms with Gasteiger partial charge in [-0.15, -0.1) is 0 Å². The molecular weight excluding hydrogens is 270 g/mol. The summed E-state index contributed by atoms with van der Waals surface area (Å²) in [7, 11) is 0. The number of ether oxygens (including phenoxy) is 1. The fraction of sp³-hybridized carbons (Fsp3) is 0. The smallest absolute Gasteiger partial charge is 0.210 e. The Morgan fingerprint density at radius 3 is 2.25 bits per heavy atom. The van der Waals surface area contributed by atoms with Gasteiger partial charge in [-0.25, -0.2) is 10.8 Å². The molecule has 0 bridgehead atoms. The number of nitrogens with zero attached hydrogens (tertiary/aromatic N) is 1. The number of nitrogens with one attached hydrogen (secondary N) is 1. The molecule has 0 aliphatic rings. The van der Waals surface area contributed by atoms with Gasteiger partial charge in [0.1, 0.15) is 11.4 Å². The number of hydrogen-bond acceptors (Lipinski definition) is 5. The molecule has 0 unspecified atom stereocenters. The summed E-state index contributed by atoms with van der Waals surface area (Å²) in [4.78, 5) is 4.45. The predicted molar refractivity (Wildman–Crippen MR) is 81.9 cm³/mol. The van der Waals surface area contributed by atoms with E-state index in [1.807, 2.05) is 60.7 Å². The highest BCUT2D eigenvalue weighted by atomic mass is 32.1. The van der Waals surface area contributed by atoms with Gasteiger partial charge in [-0.3, -0.25) is 5.43 Å². The lowest BCUT2D eigenvalue weighted by Crippen LogP contribution is -2.05. The molecule has 3 N–H and O–H groups in total. The zero-order valence-electron chi connectivity index (χ0n) is 10.6. The molecule has 100 valence electrons. The van der Waals surface area contributed by atoms with Crippen molar-refractivity contribution in [3.05, 3.63) is 60.7 Å². The number of hydrogen-bond donors (Lipinski definition) is 2. The SMILES string of the molecule is NNc1nc(-c2ccccc2)c(Oc2ccccc2)s1. The second kappa shape index (κ2) is 5.73. The zero-order chi connectivity index (χ0) is 13.8. The van der Waals surface area contributed by atoms with E-state index in [-0.39, 0.29) is 0 Å². The maximum atomic E-state index is 5.91. The van der Waals surface area contributed by atoms with Gasteiger partial charge >= 0.3 is 0 Å². The number of aromatic nitrogens is 1. The van der Waals surface area contributed by atoms with Crippen LogP contribution in [0.25, 0.3) is 11.3 Å². The lowest BCUT2D eigenvalue weighted by atomic mass is 10.2. The van der Waals surface area contributed by atoms with Gasteiger partial charge in [0.05, 0.1) is 0 Å². The van der Waals surface area contributed by atoms with Crippen molar-refractivity contribution < 1.29 is 4.74 Å². The molecule has 0 fully saturated rings. The van der Waals surface area contributed by atoms with Crippen LogP contribution in [0.1, 0.15) is 0 Å². The molecule has 1 aromatic heterocycles. The van der Waals surface area contributed by atoms with Crippen LogP contribution in [0.2, 0.25) is 0 Å². The molecule has 0 atom stereocenters. The number of nitrogen functional groups attached to an aromatic ring is 1. The van der Waals surface area contributed by atoms with Crippen molar-refractivity contribution in [1.82, 2.24) is 4.98 Å². The number of para-hydroxylation sites is 1. The van der Waals surface area contributed by atoms with Gasteiger partial charge in [-0.1, -0.05) is 59.9 Å². The van der Waals surface area contributed by atoms with E-state index in [2.05, 4.69) is 10.4 Å². The minimum Gasteiger partial charge on any atom is -0.444 e. The van der Waals surface area contributed by atoms with Crippen LogP contribution < -0.4 is 16.0 Å². The van der Waals surface area contributed by atoms with Gasteiger partial charge in [0.15, 0.2) is 0 Å². The minimum atomic E-state index is 0.620. The van der Waals surface area contributed by atoms with Crippen molar-refractivity contribution in [2.45, 2.75) is 0 Å². The van der Waals surface area contributed by atoms with Crippen molar-refractivity contribution in [3.63, 3.8) is 0 Å². The summed E-state index contributed by atoms with van der Waals surface area (Å²) in [6, 6.07) is 19.5. The molecule has 0 radical (unpaired) electrons. The van der Waals surface area contributed by atoms with Crippen molar-refractivity contribution in [1.29, 1.82) is 0 Å². The molecule has 3 aromatic rings. The summed E-state index contributed by atoms with van der Waals surface area (Å²) in [5.74, 6) is 6.22. The molecular formula is C15H13N3OS. The second-order valence-electron chi connectivity index (χ2n) is 4.08. The van der Waals surface area contributed by atoms with Gasteiger partial charge in [0, 0.05) is 5.56 Å². The third-order valence-corrected chi connectivity index (χ3v) is 3.59. The Morgan fingerprint density at radius 1 is 0.950 bits per heavy atom. The minimum absolute atomic E-state index is 0.620. The summed E-state index contributed by atoms with van der Waals surface area (Å²) < 4.78 is 5.91. The van der Waals surface area contributed by atoms with Gasteiger partial charge in [0.2, 0.25) is 10.2 Å². The first-order chi connectivity index (χ1) is 9.86. The Morgan fingerprint density at radius 2 is 1.60 bits per heavy atom. The first kappa shape index (κ1) is 12.7.